The van der Waals surface area contributed by atoms with Crippen molar-refractivity contribution in [2.45, 2.75) is 19.8 Å². The van der Waals surface area contributed by atoms with Crippen LogP contribution in [0, 0.1) is 54.3 Å². The predicted molar refractivity (Wildman–Crippen MR) is 479 cm³/mol. The van der Waals surface area contributed by atoms with Crippen LogP contribution in [0.1, 0.15) is 85.3 Å². The molecule has 17 rings (SSSR count). The number of nitrogens with two attached hydrogens (primary N) is 8. The lowest BCUT2D eigenvalue weighted by Gasteiger charge is -2.34. The lowest BCUT2D eigenvalue weighted by molar-refractivity contribution is 0.313. The van der Waals surface area contributed by atoms with Crippen molar-refractivity contribution >= 4 is 113 Å². The number of aromatic amines is 1. The second-order valence-corrected chi connectivity index (χ2v) is 28.3. The molecule has 0 unspecified atom stereocenters. The van der Waals surface area contributed by atoms with Gasteiger partial charge >= 0.3 is 0 Å². The third-order valence-electron chi connectivity index (χ3n) is 20.0. The van der Waals surface area contributed by atoms with Gasteiger partial charge in [0.15, 0.2) is 23.3 Å². The van der Waals surface area contributed by atoms with Gasteiger partial charge in [0, 0.05) is 162 Å². The highest BCUT2D eigenvalue weighted by molar-refractivity contribution is 6.01. The first-order valence-electron chi connectivity index (χ1n) is 38.1. The average Bonchev–Trinajstić information content (AvgIpc) is 1.46. The minimum atomic E-state index is 0.0288. The Bertz CT molecular complexity index is 6820. The summed E-state index contributed by atoms with van der Waals surface area (Å²) < 4.78 is 0. The molecule has 2 saturated heterocycles. The Morgan fingerprint density at radius 2 is 0.725 bits per heavy atom. The van der Waals surface area contributed by atoms with Gasteiger partial charge in [0.25, 0.3) is 0 Å². The van der Waals surface area contributed by atoms with Gasteiger partial charge in [0.2, 0.25) is 0 Å². The number of piperazine rings is 1. The molecule has 592 valence electrons. The number of amidine groups is 4. The largest absolute Gasteiger partial charge is 0.409 e. The zero-order chi connectivity index (χ0) is 83.8. The molecule has 0 amide bonds. The fourth-order valence-electron chi connectivity index (χ4n) is 13.7. The van der Waals surface area contributed by atoms with Crippen LogP contribution >= 0.6 is 0 Å². The number of aryl methyl sites for hydroxylation is 1. The van der Waals surface area contributed by atoms with Crippen LogP contribution in [0.5, 0.6) is 0 Å². The Labute approximate surface area is 690 Å². The number of H-pyrrole nitrogens is 1. The van der Waals surface area contributed by atoms with E-state index in [0.29, 0.717) is 45.5 Å². The first-order chi connectivity index (χ1) is 58.3. The fourth-order valence-corrected chi connectivity index (χ4v) is 13.7. The molecule has 26 nitrogen and oxygen atoms in total. The summed E-state index contributed by atoms with van der Waals surface area (Å²) in [4.78, 5) is 36.9. The highest BCUT2D eigenvalue weighted by Gasteiger charge is 2.18. The monoisotopic (exact) mass is 1580 g/mol. The molecule has 0 saturated carbocycles. The highest BCUT2D eigenvalue weighted by atomic mass is 16.4. The Hall–Kier alpha value is -16.7. The summed E-state index contributed by atoms with van der Waals surface area (Å²) >= 11 is 0. The van der Waals surface area contributed by atoms with E-state index in [2.05, 4.69) is 179 Å². The van der Waals surface area contributed by atoms with Gasteiger partial charge in [0.1, 0.15) is 23.3 Å². The van der Waals surface area contributed by atoms with Crippen LogP contribution in [0.2, 0.25) is 0 Å². The van der Waals surface area contributed by atoms with E-state index in [9.17, 15) is 0 Å². The number of pyridine rings is 4. The molecule has 9 aromatic carbocycles. The molecule has 0 radical (unpaired) electrons. The van der Waals surface area contributed by atoms with Crippen molar-refractivity contribution in [1.82, 2.24) is 39.8 Å². The first-order valence-corrected chi connectivity index (χ1v) is 38.1. The fraction of sp³-hybridized carbons (Fsp3) is 0.106. The Morgan fingerprint density at radius 1 is 0.367 bits per heavy atom. The minimum absolute atomic E-state index is 0.0288. The molecule has 120 heavy (non-hydrogen) atoms. The number of hydrogen-bond acceptors (Lipinski definition) is 21. The number of nitrogens with zero attached hydrogens (tertiary/aromatic N) is 13. The number of oxime groups is 4. The number of fused-ring (bicyclic) bond motifs is 5. The summed E-state index contributed by atoms with van der Waals surface area (Å²) in [5.74, 6) is 27.2. The smallest absolute Gasteiger partial charge is 0.170 e. The van der Waals surface area contributed by atoms with Gasteiger partial charge in [-0.3, -0.25) is 9.97 Å². The highest BCUT2D eigenvalue weighted by Crippen LogP contribution is 2.33. The van der Waals surface area contributed by atoms with E-state index < -0.39 is 0 Å². The quantitative estimate of drug-likeness (QED) is 0.0221. The van der Waals surface area contributed by atoms with Crippen molar-refractivity contribution in [2.75, 3.05) is 79.1 Å². The minimum Gasteiger partial charge on any atom is -0.409 e. The van der Waals surface area contributed by atoms with E-state index in [1.807, 2.05) is 98.0 Å². The summed E-state index contributed by atoms with van der Waals surface area (Å²) in [5.41, 5.74) is 66.6. The number of benzene rings is 9. The van der Waals surface area contributed by atoms with Gasteiger partial charge in [-0.2, -0.15) is 0 Å². The number of anilines is 6. The van der Waals surface area contributed by atoms with Crippen LogP contribution in [0.15, 0.2) is 258 Å². The molecule has 15 aromatic rings. The third kappa shape index (κ3) is 19.4. The number of hydrogen-bond donors (Lipinski definition) is 13. The van der Waals surface area contributed by atoms with Gasteiger partial charge in [-0.15, -0.1) is 0 Å². The molecule has 0 spiro atoms. The lowest BCUT2D eigenvalue weighted by Crippen LogP contribution is -2.44. The molecule has 6 aromatic heterocycles. The van der Waals surface area contributed by atoms with Crippen molar-refractivity contribution in [3.63, 3.8) is 0 Å². The molecule has 0 atom stereocenters. The Kier molecular flexibility index (Phi) is 24.4. The van der Waals surface area contributed by atoms with E-state index >= 15 is 0 Å². The molecule has 2 aliphatic heterocycles. The van der Waals surface area contributed by atoms with E-state index in [4.69, 9.17) is 66.7 Å². The molecule has 8 heterocycles. The molecule has 2 aliphatic rings. The van der Waals surface area contributed by atoms with E-state index in [-0.39, 0.29) is 23.3 Å². The van der Waals surface area contributed by atoms with Crippen LogP contribution in [-0.2, 0) is 0 Å². The maximum atomic E-state index is 8.91. The van der Waals surface area contributed by atoms with Crippen molar-refractivity contribution in [3.05, 3.63) is 309 Å². The number of rotatable bonds is 8. The molecule has 0 aliphatic carbocycles. The topological polar surface area (TPSA) is 441 Å². The molecular weight excluding hydrogens is 1500 g/mol. The zero-order valence-electron chi connectivity index (χ0n) is 65.4. The normalized spacial score (nSPS) is 12.9. The van der Waals surface area contributed by atoms with Crippen molar-refractivity contribution in [2.24, 2.45) is 43.6 Å². The van der Waals surface area contributed by atoms with Gasteiger partial charge in [-0.05, 0) is 189 Å². The van der Waals surface area contributed by atoms with Crippen LogP contribution in [0.4, 0.5) is 34.6 Å². The number of aromatic nitrogens is 7. The summed E-state index contributed by atoms with van der Waals surface area (Å²) in [6.45, 7) is 8.12. The van der Waals surface area contributed by atoms with E-state index in [0.717, 1.165) is 161 Å². The molecule has 0 bridgehead atoms. The Balaban J connectivity index is 0.000000131. The summed E-state index contributed by atoms with van der Waals surface area (Å²) in [6, 6.07) is 68.7. The number of likely N-dealkylation sites (N-methyl/N-ethyl adjacent to an activating group) is 1. The Morgan fingerprint density at radius 3 is 1.12 bits per heavy atom. The molecule has 26 heteroatoms. The lowest BCUT2D eigenvalue weighted by atomic mass is 10.00. The number of nitrogen functional groups attached to an aromatic ring is 4. The van der Waals surface area contributed by atoms with E-state index in [1.165, 1.54) is 29.6 Å². The van der Waals surface area contributed by atoms with Crippen molar-refractivity contribution < 1.29 is 20.8 Å². The SMILES string of the molecule is CN1CCN(c2ccc3nc(N)cc(C#Cc4cccc(C(N)=NO)c4)c3c2)CC1.Cc1cnc(-c2ccc3nc(N)cc(C#Cc4cccc(C(N)=NO)c4)c3c2)cn1.NC(=NO)c1cccc(C#Cc2cc(N)nc3ccc(-c4ccc5cc[nH]c5c4)cc23)c1.NC(=NO)c1cccc(C#Cc2cc(N)nc3ccc(N4CCCC4)cc23)c1. The van der Waals surface area contributed by atoms with Gasteiger partial charge < -0.3 is 86.4 Å². The van der Waals surface area contributed by atoms with Gasteiger partial charge in [0.05, 0.1) is 39.7 Å². The first kappa shape index (κ1) is 79.9. The molecule has 2 fully saturated rings. The predicted octanol–water partition coefficient (Wildman–Crippen LogP) is 12.5. The van der Waals surface area contributed by atoms with E-state index in [1.54, 1.807) is 91.3 Å². The second-order valence-electron chi connectivity index (χ2n) is 28.3. The number of nitrogens with one attached hydrogen (secondary N) is 1. The average molecular weight is 1580 g/mol. The van der Waals surface area contributed by atoms with Gasteiger partial charge in [-0.25, -0.2) is 19.9 Å². The van der Waals surface area contributed by atoms with Gasteiger partial charge in [-0.1, -0.05) is 141 Å². The van der Waals surface area contributed by atoms with Crippen LogP contribution in [0.25, 0.3) is 76.9 Å². The zero-order valence-corrected chi connectivity index (χ0v) is 65.4. The third-order valence-corrected chi connectivity index (χ3v) is 20.0. The van der Waals surface area contributed by atoms with Crippen LogP contribution in [0.3, 0.4) is 0 Å². The second kappa shape index (κ2) is 36.6. The maximum Gasteiger partial charge on any atom is 0.170 e. The standard InChI is InChI=1S/C26H19N5O.C23H18N6O.C23H24N6O.C22H21N5O/c27-25-15-20(5-4-16-2-1-3-21(12-16)26(28)31-32)22-13-18(8-9-23(22)30-25)19-7-6-17-10-11-29-24(17)14-19;1-14-12-27-21(13-26-14)17-7-8-20-19(10-17)16(11-22(24)28-20)6-5-15-3-2-4-18(9-15)23(25)29-30;1-28-9-11-29(12-10-28)19-7-8-21-20(15-19)17(14-22(24)26-21)6-5-16-3-2-4-18(13-16)23(25)27-30;23-21-13-16(7-6-15-4-3-5-17(12-15)22(24)26-28)19-14-18(8-9-20(19)25-21)27-10-1-2-11-27/h1-3,6-15,29,32H,(H2,27,30)(H2,28,31);2-4,7-13,30H,1H3,(H2,24,28)(H2,25,29);2-4,7-8,13-15,30H,9-12H2,1H3,(H2,24,26)(H2,25,27);3-5,8-9,12-14,28H,1-2,10-11H2,(H2,23,25)(H2,24,26). The maximum absolute atomic E-state index is 8.91. The van der Waals surface area contributed by atoms with Crippen molar-refractivity contribution in [1.29, 1.82) is 0 Å². The molecule has 21 N–H and O–H groups in total. The summed E-state index contributed by atoms with van der Waals surface area (Å²) in [5, 5.41) is 52.6. The van der Waals surface area contributed by atoms with Crippen LogP contribution < -0.4 is 55.7 Å². The summed E-state index contributed by atoms with van der Waals surface area (Å²) in [6.07, 6.45) is 7.86. The van der Waals surface area contributed by atoms with Crippen LogP contribution in [-0.4, -0.2) is 130 Å². The molecular formula is C94H82N22O4. The van der Waals surface area contributed by atoms with Crippen molar-refractivity contribution in [3.8, 4) is 69.7 Å². The summed E-state index contributed by atoms with van der Waals surface area (Å²) in [7, 11) is 2.15.